The summed E-state index contributed by atoms with van der Waals surface area (Å²) in [6, 6.07) is 0.519. The van der Waals surface area contributed by atoms with Gasteiger partial charge in [-0.25, -0.2) is 4.98 Å². The minimum absolute atomic E-state index is 0.00294. The van der Waals surface area contributed by atoms with Gasteiger partial charge in [0.15, 0.2) is 0 Å². The van der Waals surface area contributed by atoms with Gasteiger partial charge in [-0.3, -0.25) is 19.1 Å². The number of amides is 1. The Labute approximate surface area is 163 Å². The van der Waals surface area contributed by atoms with Crippen LogP contribution in [0, 0.1) is 0 Å². The largest absolute Gasteiger partial charge is 0.340 e. The highest BCUT2D eigenvalue weighted by molar-refractivity contribution is 7.18. The smallest absolute Gasteiger partial charge is 0.262 e. The van der Waals surface area contributed by atoms with Gasteiger partial charge >= 0.3 is 0 Å². The van der Waals surface area contributed by atoms with Crippen LogP contribution in [0.25, 0.3) is 10.2 Å². The first kappa shape index (κ1) is 18.6. The van der Waals surface area contributed by atoms with Gasteiger partial charge in [-0.05, 0) is 32.4 Å². The number of hydrogen-bond acceptors (Lipinski definition) is 6. The first-order chi connectivity index (χ1) is 13.0. The molecule has 27 heavy (non-hydrogen) atoms. The second kappa shape index (κ2) is 7.69. The molecule has 2 aliphatic rings. The summed E-state index contributed by atoms with van der Waals surface area (Å²) in [6.45, 7) is 9.87. The van der Waals surface area contributed by atoms with E-state index in [2.05, 4.69) is 29.0 Å². The maximum absolute atomic E-state index is 12.9. The minimum Gasteiger partial charge on any atom is -0.340 e. The molecule has 1 amide bonds. The van der Waals surface area contributed by atoms with E-state index in [1.165, 1.54) is 4.88 Å². The van der Waals surface area contributed by atoms with Crippen LogP contribution in [0.4, 0.5) is 0 Å². The van der Waals surface area contributed by atoms with Gasteiger partial charge in [0, 0.05) is 56.6 Å². The van der Waals surface area contributed by atoms with Crippen LogP contribution in [0.15, 0.2) is 11.1 Å². The summed E-state index contributed by atoms with van der Waals surface area (Å²) >= 11 is 1.61. The lowest BCUT2D eigenvalue weighted by Gasteiger charge is -2.37. The van der Waals surface area contributed by atoms with Crippen molar-refractivity contribution >= 4 is 27.5 Å². The molecule has 8 heteroatoms. The van der Waals surface area contributed by atoms with Crippen molar-refractivity contribution in [1.29, 1.82) is 0 Å². The predicted molar refractivity (Wildman–Crippen MR) is 107 cm³/mol. The second-order valence-electron chi connectivity index (χ2n) is 7.61. The number of piperazine rings is 1. The summed E-state index contributed by atoms with van der Waals surface area (Å²) < 4.78 is 1.61. The van der Waals surface area contributed by atoms with E-state index in [9.17, 15) is 9.59 Å². The van der Waals surface area contributed by atoms with Gasteiger partial charge in [-0.2, -0.15) is 0 Å². The first-order valence-corrected chi connectivity index (χ1v) is 10.6. The molecule has 0 unspecified atom stereocenters. The number of aromatic nitrogens is 2. The Kier molecular flexibility index (Phi) is 5.29. The monoisotopic (exact) mass is 389 g/mol. The van der Waals surface area contributed by atoms with Gasteiger partial charge in [-0.15, -0.1) is 11.3 Å². The number of nitrogens with one attached hydrogen (secondary N) is 1. The molecule has 2 aromatic heterocycles. The highest BCUT2D eigenvalue weighted by Gasteiger charge is 2.23. The molecule has 0 aliphatic carbocycles. The molecule has 1 fully saturated rings. The Bertz CT molecular complexity index is 895. The van der Waals surface area contributed by atoms with Crippen LogP contribution in [0.3, 0.4) is 0 Å². The van der Waals surface area contributed by atoms with Gasteiger partial charge in [0.05, 0.1) is 11.7 Å². The number of thiophene rings is 1. The SMILES string of the molecule is CC(C)N1CCN(C(=O)CCn2cnc3sc4c(c3c2=O)CCNC4)CC1. The van der Waals surface area contributed by atoms with Crippen molar-refractivity contribution in [2.45, 2.75) is 45.8 Å². The van der Waals surface area contributed by atoms with E-state index in [-0.39, 0.29) is 11.5 Å². The van der Waals surface area contributed by atoms with Crippen LogP contribution in [-0.4, -0.2) is 64.0 Å². The van der Waals surface area contributed by atoms with Crippen molar-refractivity contribution < 1.29 is 4.79 Å². The summed E-state index contributed by atoms with van der Waals surface area (Å²) in [5.41, 5.74) is 1.15. The van der Waals surface area contributed by atoms with E-state index < -0.39 is 0 Å². The molecule has 0 saturated carbocycles. The number of fused-ring (bicyclic) bond motifs is 3. The van der Waals surface area contributed by atoms with Crippen molar-refractivity contribution in [2.75, 3.05) is 32.7 Å². The van der Waals surface area contributed by atoms with Gasteiger partial charge in [0.1, 0.15) is 4.83 Å². The van der Waals surface area contributed by atoms with E-state index in [0.717, 1.165) is 61.5 Å². The Hall–Kier alpha value is -1.77. The average molecular weight is 390 g/mol. The number of hydrogen-bond donors (Lipinski definition) is 1. The Morgan fingerprint density at radius 2 is 2.07 bits per heavy atom. The number of nitrogens with zero attached hydrogens (tertiary/aromatic N) is 4. The molecule has 1 saturated heterocycles. The predicted octanol–water partition coefficient (Wildman–Crippen LogP) is 1.05. The topological polar surface area (TPSA) is 70.5 Å². The summed E-state index contributed by atoms with van der Waals surface area (Å²) in [5.74, 6) is 0.127. The minimum atomic E-state index is -0.00294. The van der Waals surface area contributed by atoms with Gasteiger partial charge < -0.3 is 10.2 Å². The fourth-order valence-electron chi connectivity index (χ4n) is 3.97. The highest BCUT2D eigenvalue weighted by atomic mass is 32.1. The van der Waals surface area contributed by atoms with E-state index in [0.29, 0.717) is 19.0 Å². The number of aryl methyl sites for hydroxylation is 1. The second-order valence-corrected chi connectivity index (χ2v) is 8.70. The van der Waals surface area contributed by atoms with E-state index in [4.69, 9.17) is 0 Å². The third-order valence-corrected chi connectivity index (χ3v) is 6.80. The molecule has 2 aliphatic heterocycles. The van der Waals surface area contributed by atoms with Crippen molar-refractivity contribution in [3.8, 4) is 0 Å². The molecule has 0 spiro atoms. The average Bonchev–Trinajstić information content (AvgIpc) is 3.06. The normalized spacial score (nSPS) is 18.3. The lowest BCUT2D eigenvalue weighted by Crippen LogP contribution is -2.50. The number of carbonyl (C=O) groups excluding carboxylic acids is 1. The van der Waals surface area contributed by atoms with E-state index >= 15 is 0 Å². The fraction of sp³-hybridized carbons (Fsp3) is 0.632. The highest BCUT2D eigenvalue weighted by Crippen LogP contribution is 2.29. The molecule has 0 atom stereocenters. The zero-order valence-electron chi connectivity index (χ0n) is 16.0. The summed E-state index contributed by atoms with van der Waals surface area (Å²) in [5, 5.41) is 4.10. The fourth-order valence-corrected chi connectivity index (χ4v) is 5.12. The van der Waals surface area contributed by atoms with Crippen molar-refractivity contribution in [3.05, 3.63) is 27.1 Å². The molecule has 7 nitrogen and oxygen atoms in total. The van der Waals surface area contributed by atoms with Gasteiger partial charge in [0.25, 0.3) is 5.56 Å². The molecular weight excluding hydrogens is 362 g/mol. The molecule has 1 N–H and O–H groups in total. The maximum atomic E-state index is 12.9. The standard InChI is InChI=1S/C19H27N5O2S/c1-13(2)22-7-9-23(10-8-22)16(25)4-6-24-12-21-18-17(19(24)26)14-3-5-20-11-15(14)27-18/h12-13,20H,3-11H2,1-2H3. The van der Waals surface area contributed by atoms with Crippen molar-refractivity contribution in [2.24, 2.45) is 0 Å². The molecule has 146 valence electrons. The molecule has 0 bridgehead atoms. The van der Waals surface area contributed by atoms with Crippen LogP contribution < -0.4 is 10.9 Å². The lowest BCUT2D eigenvalue weighted by atomic mass is 10.1. The van der Waals surface area contributed by atoms with E-state index in [1.54, 1.807) is 22.2 Å². The number of carbonyl (C=O) groups is 1. The van der Waals surface area contributed by atoms with E-state index in [1.807, 2.05) is 4.90 Å². The summed E-state index contributed by atoms with van der Waals surface area (Å²) in [6.07, 6.45) is 2.82. The Balaban J connectivity index is 1.44. The molecule has 0 radical (unpaired) electrons. The molecular formula is C19H27N5O2S. The molecule has 4 rings (SSSR count). The summed E-state index contributed by atoms with van der Waals surface area (Å²) in [4.78, 5) is 36.4. The Morgan fingerprint density at radius 3 is 2.81 bits per heavy atom. The van der Waals surface area contributed by atoms with Gasteiger partial charge in [-0.1, -0.05) is 0 Å². The third kappa shape index (κ3) is 3.66. The van der Waals surface area contributed by atoms with Crippen molar-refractivity contribution in [1.82, 2.24) is 24.7 Å². The zero-order chi connectivity index (χ0) is 19.0. The Morgan fingerprint density at radius 1 is 1.30 bits per heavy atom. The molecule has 4 heterocycles. The first-order valence-electron chi connectivity index (χ1n) is 9.77. The van der Waals surface area contributed by atoms with Crippen molar-refractivity contribution in [3.63, 3.8) is 0 Å². The van der Waals surface area contributed by atoms with Crippen LogP contribution in [0.5, 0.6) is 0 Å². The third-order valence-electron chi connectivity index (χ3n) is 5.66. The van der Waals surface area contributed by atoms with Crippen LogP contribution in [-0.2, 0) is 24.3 Å². The van der Waals surface area contributed by atoms with Crippen LogP contribution in [0.2, 0.25) is 0 Å². The zero-order valence-corrected chi connectivity index (χ0v) is 16.8. The van der Waals surface area contributed by atoms with Crippen LogP contribution >= 0.6 is 11.3 Å². The quantitative estimate of drug-likeness (QED) is 0.846. The maximum Gasteiger partial charge on any atom is 0.262 e. The van der Waals surface area contributed by atoms with Gasteiger partial charge in [0.2, 0.25) is 5.91 Å². The molecule has 0 aromatic carbocycles. The molecule has 2 aromatic rings. The lowest BCUT2D eigenvalue weighted by molar-refractivity contribution is -0.133. The van der Waals surface area contributed by atoms with Crippen LogP contribution in [0.1, 0.15) is 30.7 Å². The number of rotatable bonds is 4. The summed E-state index contributed by atoms with van der Waals surface area (Å²) in [7, 11) is 0.